The SMILES string of the molecule is COc1cc(F)c(C(=O)c2cccc(C)c2C)cc1OC. The minimum absolute atomic E-state index is 0.0265. The van der Waals surface area contributed by atoms with Gasteiger partial charge in [-0.25, -0.2) is 4.39 Å². The number of aryl methyl sites for hydroxylation is 1. The molecule has 0 radical (unpaired) electrons. The number of halogens is 1. The van der Waals surface area contributed by atoms with Crippen molar-refractivity contribution in [2.75, 3.05) is 14.2 Å². The Kier molecular flexibility index (Phi) is 4.26. The molecule has 2 aromatic carbocycles. The zero-order valence-electron chi connectivity index (χ0n) is 12.5. The molecule has 110 valence electrons. The van der Waals surface area contributed by atoms with E-state index in [9.17, 15) is 9.18 Å². The Labute approximate surface area is 123 Å². The molecule has 0 unspecified atom stereocenters. The van der Waals surface area contributed by atoms with Crippen molar-refractivity contribution in [2.24, 2.45) is 0 Å². The van der Waals surface area contributed by atoms with Crippen LogP contribution < -0.4 is 9.47 Å². The molecule has 0 fully saturated rings. The Morgan fingerprint density at radius 1 is 1.00 bits per heavy atom. The van der Waals surface area contributed by atoms with Gasteiger partial charge in [0.25, 0.3) is 0 Å². The van der Waals surface area contributed by atoms with Gasteiger partial charge >= 0.3 is 0 Å². The van der Waals surface area contributed by atoms with Gasteiger partial charge in [0.1, 0.15) is 5.82 Å². The molecule has 0 saturated carbocycles. The summed E-state index contributed by atoms with van der Waals surface area (Å²) in [6.45, 7) is 3.76. The second-order valence-corrected chi connectivity index (χ2v) is 4.76. The summed E-state index contributed by atoms with van der Waals surface area (Å²) in [5, 5.41) is 0. The first kappa shape index (κ1) is 15.0. The lowest BCUT2D eigenvalue weighted by molar-refractivity contribution is 0.103. The third-order valence-electron chi connectivity index (χ3n) is 3.57. The molecular weight excluding hydrogens is 271 g/mol. The van der Waals surface area contributed by atoms with Crippen LogP contribution in [-0.2, 0) is 0 Å². The topological polar surface area (TPSA) is 35.5 Å². The van der Waals surface area contributed by atoms with Crippen LogP contribution in [0.1, 0.15) is 27.0 Å². The van der Waals surface area contributed by atoms with Crippen molar-refractivity contribution in [3.05, 3.63) is 58.4 Å². The van der Waals surface area contributed by atoms with Gasteiger partial charge in [-0.3, -0.25) is 4.79 Å². The van der Waals surface area contributed by atoms with Gasteiger partial charge in [0.15, 0.2) is 17.3 Å². The summed E-state index contributed by atoms with van der Waals surface area (Å²) in [7, 11) is 2.87. The number of rotatable bonds is 4. The number of carbonyl (C=O) groups excluding carboxylic acids is 1. The molecule has 0 aliphatic rings. The number of carbonyl (C=O) groups is 1. The van der Waals surface area contributed by atoms with Crippen LogP contribution in [0.5, 0.6) is 11.5 Å². The van der Waals surface area contributed by atoms with Crippen LogP contribution in [-0.4, -0.2) is 20.0 Å². The molecule has 0 spiro atoms. The summed E-state index contributed by atoms with van der Waals surface area (Å²) in [6, 6.07) is 7.93. The lowest BCUT2D eigenvalue weighted by Crippen LogP contribution is -2.08. The van der Waals surface area contributed by atoms with Crippen LogP contribution in [0.2, 0.25) is 0 Å². The van der Waals surface area contributed by atoms with E-state index in [1.807, 2.05) is 19.9 Å². The Morgan fingerprint density at radius 3 is 2.24 bits per heavy atom. The molecule has 0 bridgehead atoms. The summed E-state index contributed by atoms with van der Waals surface area (Å²) < 4.78 is 24.3. The third-order valence-corrected chi connectivity index (χ3v) is 3.57. The molecular formula is C17H17FO3. The number of hydrogen-bond donors (Lipinski definition) is 0. The fourth-order valence-corrected chi connectivity index (χ4v) is 2.17. The van der Waals surface area contributed by atoms with Gasteiger partial charge in [-0.2, -0.15) is 0 Å². The van der Waals surface area contributed by atoms with Crippen molar-refractivity contribution in [1.82, 2.24) is 0 Å². The molecule has 3 nitrogen and oxygen atoms in total. The largest absolute Gasteiger partial charge is 0.493 e. The van der Waals surface area contributed by atoms with Gasteiger partial charge < -0.3 is 9.47 Å². The summed E-state index contributed by atoms with van der Waals surface area (Å²) in [5.74, 6) is -0.409. The molecule has 0 aliphatic carbocycles. The van der Waals surface area contributed by atoms with Crippen LogP contribution in [0.3, 0.4) is 0 Å². The predicted octanol–water partition coefficient (Wildman–Crippen LogP) is 3.69. The van der Waals surface area contributed by atoms with E-state index in [1.165, 1.54) is 20.3 Å². The van der Waals surface area contributed by atoms with Gasteiger partial charge in [0.05, 0.1) is 19.8 Å². The van der Waals surface area contributed by atoms with E-state index >= 15 is 0 Å². The Morgan fingerprint density at radius 2 is 1.62 bits per heavy atom. The molecule has 0 heterocycles. The van der Waals surface area contributed by atoms with Crippen molar-refractivity contribution in [2.45, 2.75) is 13.8 Å². The quantitative estimate of drug-likeness (QED) is 0.805. The third kappa shape index (κ3) is 2.75. The van der Waals surface area contributed by atoms with Crippen LogP contribution >= 0.6 is 0 Å². The summed E-state index contributed by atoms with van der Waals surface area (Å²) >= 11 is 0. The highest BCUT2D eigenvalue weighted by molar-refractivity contribution is 6.10. The van der Waals surface area contributed by atoms with Gasteiger partial charge in [0, 0.05) is 11.6 Å². The smallest absolute Gasteiger partial charge is 0.196 e. The van der Waals surface area contributed by atoms with E-state index in [1.54, 1.807) is 12.1 Å². The maximum Gasteiger partial charge on any atom is 0.196 e. The standard InChI is InChI=1S/C17H17FO3/c1-10-6-5-7-12(11(10)2)17(19)13-8-15(20-3)16(21-4)9-14(13)18/h5-9H,1-4H3. The van der Waals surface area contributed by atoms with Gasteiger partial charge in [0.2, 0.25) is 0 Å². The molecule has 4 heteroatoms. The maximum atomic E-state index is 14.2. The fourth-order valence-electron chi connectivity index (χ4n) is 2.17. The van der Waals surface area contributed by atoms with Crippen molar-refractivity contribution in [3.8, 4) is 11.5 Å². The second kappa shape index (κ2) is 5.95. The van der Waals surface area contributed by atoms with Crippen molar-refractivity contribution < 1.29 is 18.7 Å². The van der Waals surface area contributed by atoms with Crippen molar-refractivity contribution in [3.63, 3.8) is 0 Å². The number of hydrogen-bond acceptors (Lipinski definition) is 3. The first-order chi connectivity index (χ1) is 9.99. The molecule has 0 amide bonds. The molecule has 21 heavy (non-hydrogen) atoms. The summed E-state index contributed by atoms with van der Waals surface area (Å²) in [4.78, 5) is 12.6. The van der Waals surface area contributed by atoms with Crippen molar-refractivity contribution in [1.29, 1.82) is 0 Å². The van der Waals surface area contributed by atoms with Gasteiger partial charge in [-0.1, -0.05) is 18.2 Å². The average molecular weight is 288 g/mol. The fraction of sp³-hybridized carbons (Fsp3) is 0.235. The van der Waals surface area contributed by atoms with E-state index in [-0.39, 0.29) is 17.1 Å². The predicted molar refractivity (Wildman–Crippen MR) is 78.9 cm³/mol. The van der Waals surface area contributed by atoms with E-state index in [0.29, 0.717) is 11.3 Å². The first-order valence-electron chi connectivity index (χ1n) is 6.52. The Balaban J connectivity index is 2.56. The lowest BCUT2D eigenvalue weighted by Gasteiger charge is -2.12. The normalized spacial score (nSPS) is 10.3. The number of methoxy groups -OCH3 is 2. The molecule has 0 aliphatic heterocycles. The molecule has 2 aromatic rings. The summed E-state index contributed by atoms with van der Waals surface area (Å²) in [6.07, 6.45) is 0. The number of benzene rings is 2. The minimum Gasteiger partial charge on any atom is -0.493 e. The Bertz CT molecular complexity index is 693. The van der Waals surface area contributed by atoms with Crippen LogP contribution in [0.25, 0.3) is 0 Å². The molecule has 0 aromatic heterocycles. The maximum absolute atomic E-state index is 14.2. The monoisotopic (exact) mass is 288 g/mol. The zero-order chi connectivity index (χ0) is 15.6. The highest BCUT2D eigenvalue weighted by Gasteiger charge is 2.20. The highest BCUT2D eigenvalue weighted by Crippen LogP contribution is 2.31. The molecule has 2 rings (SSSR count). The van der Waals surface area contributed by atoms with Crippen molar-refractivity contribution >= 4 is 5.78 Å². The number of ketones is 1. The molecule has 0 N–H and O–H groups in total. The van der Waals surface area contributed by atoms with E-state index in [2.05, 4.69) is 0 Å². The van der Waals surface area contributed by atoms with Crippen LogP contribution in [0.15, 0.2) is 30.3 Å². The highest BCUT2D eigenvalue weighted by atomic mass is 19.1. The first-order valence-corrected chi connectivity index (χ1v) is 6.52. The average Bonchev–Trinajstić information content (AvgIpc) is 2.49. The molecule has 0 saturated heterocycles. The van der Waals surface area contributed by atoms with E-state index in [0.717, 1.165) is 17.2 Å². The second-order valence-electron chi connectivity index (χ2n) is 4.76. The number of ether oxygens (including phenoxy) is 2. The lowest BCUT2D eigenvalue weighted by atomic mass is 9.95. The molecule has 0 atom stereocenters. The van der Waals surface area contributed by atoms with E-state index in [4.69, 9.17) is 9.47 Å². The Hall–Kier alpha value is -2.36. The van der Waals surface area contributed by atoms with Gasteiger partial charge in [-0.05, 0) is 31.0 Å². The zero-order valence-corrected chi connectivity index (χ0v) is 12.5. The van der Waals surface area contributed by atoms with Crippen LogP contribution in [0, 0.1) is 19.7 Å². The van der Waals surface area contributed by atoms with E-state index < -0.39 is 5.82 Å². The van der Waals surface area contributed by atoms with Gasteiger partial charge in [-0.15, -0.1) is 0 Å². The minimum atomic E-state index is -0.626. The summed E-state index contributed by atoms with van der Waals surface area (Å²) in [5.41, 5.74) is 2.29. The van der Waals surface area contributed by atoms with Crippen LogP contribution in [0.4, 0.5) is 4.39 Å².